The first-order chi connectivity index (χ1) is 11.8. The lowest BCUT2D eigenvalue weighted by molar-refractivity contribution is 0.0345. The fourth-order valence-electron chi connectivity index (χ4n) is 3.40. The quantitative estimate of drug-likeness (QED) is 0.817. The van der Waals surface area contributed by atoms with Crippen LogP contribution in [0.3, 0.4) is 0 Å². The number of ether oxygens (including phenoxy) is 1. The van der Waals surface area contributed by atoms with Gasteiger partial charge in [-0.1, -0.05) is 0 Å². The Hall–Kier alpha value is -2.08. The number of furan rings is 1. The summed E-state index contributed by atoms with van der Waals surface area (Å²) in [7, 11) is 0. The van der Waals surface area contributed by atoms with Crippen LogP contribution >= 0.6 is 0 Å². The van der Waals surface area contributed by atoms with E-state index in [1.165, 1.54) is 30.9 Å². The van der Waals surface area contributed by atoms with Gasteiger partial charge in [0.05, 0.1) is 36.4 Å². The molecular formula is C18H23N3O3. The Morgan fingerprint density at radius 1 is 1.42 bits per heavy atom. The van der Waals surface area contributed by atoms with E-state index >= 15 is 0 Å². The van der Waals surface area contributed by atoms with Crippen molar-refractivity contribution in [2.24, 2.45) is 5.92 Å². The minimum Gasteiger partial charge on any atom is -0.472 e. The van der Waals surface area contributed by atoms with Crippen LogP contribution < -0.4 is 0 Å². The summed E-state index contributed by atoms with van der Waals surface area (Å²) < 4.78 is 13.0. The van der Waals surface area contributed by atoms with Crippen LogP contribution in [-0.2, 0) is 17.7 Å². The minimum absolute atomic E-state index is 0.00160. The van der Waals surface area contributed by atoms with Crippen molar-refractivity contribution in [2.45, 2.75) is 38.8 Å². The maximum absolute atomic E-state index is 12.9. The highest BCUT2D eigenvalue weighted by molar-refractivity contribution is 5.94. The number of rotatable bonds is 6. The topological polar surface area (TPSA) is 60.5 Å². The zero-order chi connectivity index (χ0) is 16.5. The average Bonchev–Trinajstić information content (AvgIpc) is 3.11. The predicted molar refractivity (Wildman–Crippen MR) is 87.6 cm³/mol. The number of hydrogen-bond acceptors (Lipinski definition) is 4. The van der Waals surface area contributed by atoms with Gasteiger partial charge in [-0.2, -0.15) is 5.10 Å². The molecule has 3 heterocycles. The van der Waals surface area contributed by atoms with E-state index in [4.69, 9.17) is 9.15 Å². The van der Waals surface area contributed by atoms with Gasteiger partial charge < -0.3 is 14.1 Å². The Bertz CT molecular complexity index is 690. The first-order valence-corrected chi connectivity index (χ1v) is 8.73. The molecule has 2 aliphatic rings. The summed E-state index contributed by atoms with van der Waals surface area (Å²) in [5.41, 5.74) is 2.94. The SMILES string of the molecule is CCn1ncc2c1C(COCC1CC1)N(C(=O)c1ccoc1)CC2. The van der Waals surface area contributed by atoms with Crippen LogP contribution in [-0.4, -0.2) is 40.3 Å². The smallest absolute Gasteiger partial charge is 0.257 e. The summed E-state index contributed by atoms with van der Waals surface area (Å²) in [6.07, 6.45) is 8.35. The molecule has 1 aliphatic heterocycles. The second-order valence-electron chi connectivity index (χ2n) is 6.63. The first-order valence-electron chi connectivity index (χ1n) is 8.73. The molecule has 24 heavy (non-hydrogen) atoms. The Balaban J connectivity index is 1.60. The van der Waals surface area contributed by atoms with Crippen LogP contribution in [0.1, 0.15) is 47.4 Å². The second-order valence-corrected chi connectivity index (χ2v) is 6.63. The van der Waals surface area contributed by atoms with Crippen LogP contribution in [0.4, 0.5) is 0 Å². The van der Waals surface area contributed by atoms with E-state index in [0.29, 0.717) is 24.6 Å². The van der Waals surface area contributed by atoms with Crippen molar-refractivity contribution in [1.82, 2.24) is 14.7 Å². The van der Waals surface area contributed by atoms with Crippen molar-refractivity contribution in [1.29, 1.82) is 0 Å². The third-order valence-corrected chi connectivity index (χ3v) is 4.93. The van der Waals surface area contributed by atoms with Crippen LogP contribution in [0.15, 0.2) is 29.2 Å². The maximum atomic E-state index is 12.9. The zero-order valence-corrected chi connectivity index (χ0v) is 14.0. The standard InChI is InChI=1S/C18H23N3O3/c1-2-21-17-14(9-19-21)5-7-20(18(22)15-6-8-23-11-15)16(17)12-24-10-13-3-4-13/h6,8-9,11,13,16H,2-5,7,10,12H2,1H3. The van der Waals surface area contributed by atoms with E-state index in [1.807, 2.05) is 15.8 Å². The van der Waals surface area contributed by atoms with Crippen molar-refractivity contribution >= 4 is 5.91 Å². The summed E-state index contributed by atoms with van der Waals surface area (Å²) in [4.78, 5) is 14.8. The van der Waals surface area contributed by atoms with Gasteiger partial charge in [0.2, 0.25) is 0 Å². The molecule has 1 fully saturated rings. The summed E-state index contributed by atoms with van der Waals surface area (Å²) in [5, 5.41) is 4.48. The Kier molecular flexibility index (Phi) is 4.14. The molecule has 1 saturated carbocycles. The van der Waals surface area contributed by atoms with Gasteiger partial charge in [-0.25, -0.2) is 0 Å². The Morgan fingerprint density at radius 2 is 2.29 bits per heavy atom. The number of carbonyl (C=O) groups is 1. The first kappa shape index (κ1) is 15.4. The number of aryl methyl sites for hydroxylation is 1. The lowest BCUT2D eigenvalue weighted by Gasteiger charge is -2.36. The number of hydrogen-bond donors (Lipinski definition) is 0. The number of fused-ring (bicyclic) bond motifs is 1. The molecule has 128 valence electrons. The van der Waals surface area contributed by atoms with Crippen LogP contribution in [0.2, 0.25) is 0 Å². The van der Waals surface area contributed by atoms with Crippen molar-refractivity contribution in [2.75, 3.05) is 19.8 Å². The number of nitrogens with zero attached hydrogens (tertiary/aromatic N) is 3. The van der Waals surface area contributed by atoms with Crippen molar-refractivity contribution in [3.63, 3.8) is 0 Å². The van der Waals surface area contributed by atoms with Crippen LogP contribution in [0.25, 0.3) is 0 Å². The molecule has 0 saturated heterocycles. The molecule has 0 spiro atoms. The zero-order valence-electron chi connectivity index (χ0n) is 14.0. The highest BCUT2D eigenvalue weighted by atomic mass is 16.5. The van der Waals surface area contributed by atoms with E-state index in [1.54, 1.807) is 6.07 Å². The third kappa shape index (κ3) is 2.86. The molecule has 1 unspecified atom stereocenters. The summed E-state index contributed by atoms with van der Waals surface area (Å²) in [5.74, 6) is 0.709. The lowest BCUT2D eigenvalue weighted by Crippen LogP contribution is -2.42. The van der Waals surface area contributed by atoms with Gasteiger partial charge in [-0.3, -0.25) is 9.48 Å². The molecule has 1 atom stereocenters. The van der Waals surface area contributed by atoms with Crippen molar-refractivity contribution in [3.05, 3.63) is 41.6 Å². The van der Waals surface area contributed by atoms with E-state index < -0.39 is 0 Å². The average molecular weight is 329 g/mol. The highest BCUT2D eigenvalue weighted by Gasteiger charge is 2.35. The third-order valence-electron chi connectivity index (χ3n) is 4.93. The molecule has 4 rings (SSSR count). The van der Waals surface area contributed by atoms with Crippen LogP contribution in [0.5, 0.6) is 0 Å². The number of amides is 1. The van der Waals surface area contributed by atoms with Crippen molar-refractivity contribution < 1.29 is 13.9 Å². The van der Waals surface area contributed by atoms with Gasteiger partial charge in [0.1, 0.15) is 6.26 Å². The number of aromatic nitrogens is 2. The largest absolute Gasteiger partial charge is 0.472 e. The Labute approximate surface area is 141 Å². The second kappa shape index (κ2) is 6.43. The van der Waals surface area contributed by atoms with E-state index in [2.05, 4.69) is 12.0 Å². The molecule has 1 amide bonds. The molecule has 0 bridgehead atoms. The highest BCUT2D eigenvalue weighted by Crippen LogP contribution is 2.33. The summed E-state index contributed by atoms with van der Waals surface area (Å²) in [6, 6.07) is 1.63. The van der Waals surface area contributed by atoms with Crippen LogP contribution in [0, 0.1) is 5.92 Å². The molecule has 2 aromatic rings. The molecule has 0 radical (unpaired) electrons. The molecule has 1 aliphatic carbocycles. The van der Waals surface area contributed by atoms with Gasteiger partial charge in [0.15, 0.2) is 0 Å². The van der Waals surface area contributed by atoms with Gasteiger partial charge >= 0.3 is 0 Å². The molecule has 2 aromatic heterocycles. The monoisotopic (exact) mass is 329 g/mol. The molecule has 0 aromatic carbocycles. The summed E-state index contributed by atoms with van der Waals surface area (Å²) in [6.45, 7) is 4.87. The maximum Gasteiger partial charge on any atom is 0.257 e. The van der Waals surface area contributed by atoms with Gasteiger partial charge in [-0.15, -0.1) is 0 Å². The fraction of sp³-hybridized carbons (Fsp3) is 0.556. The van der Waals surface area contributed by atoms with Crippen molar-refractivity contribution in [3.8, 4) is 0 Å². The van der Waals surface area contributed by atoms with E-state index in [9.17, 15) is 4.79 Å². The molecular weight excluding hydrogens is 306 g/mol. The fourth-order valence-corrected chi connectivity index (χ4v) is 3.40. The van der Waals surface area contributed by atoms with E-state index in [0.717, 1.165) is 25.3 Å². The number of carbonyl (C=O) groups excluding carboxylic acids is 1. The predicted octanol–water partition coefficient (Wildman–Crippen LogP) is 2.66. The van der Waals surface area contributed by atoms with Gasteiger partial charge in [-0.05, 0) is 43.7 Å². The summed E-state index contributed by atoms with van der Waals surface area (Å²) >= 11 is 0. The molecule has 0 N–H and O–H groups in total. The minimum atomic E-state index is -0.0858. The lowest BCUT2D eigenvalue weighted by atomic mass is 9.99. The molecule has 6 heteroatoms. The molecule has 6 nitrogen and oxygen atoms in total. The Morgan fingerprint density at radius 3 is 3.00 bits per heavy atom. The van der Waals surface area contributed by atoms with Gasteiger partial charge in [0, 0.05) is 19.7 Å². The normalized spacial score (nSPS) is 20.2. The van der Waals surface area contributed by atoms with E-state index in [-0.39, 0.29) is 11.9 Å². The van der Waals surface area contributed by atoms with Gasteiger partial charge in [0.25, 0.3) is 5.91 Å².